The zero-order chi connectivity index (χ0) is 15.4. The van der Waals surface area contributed by atoms with E-state index in [1.807, 2.05) is 13.8 Å². The second-order valence-electron chi connectivity index (χ2n) is 6.48. The van der Waals surface area contributed by atoms with Crippen molar-refractivity contribution >= 4 is 5.97 Å². The van der Waals surface area contributed by atoms with Gasteiger partial charge in [0.05, 0.1) is 18.1 Å². The van der Waals surface area contributed by atoms with Crippen molar-refractivity contribution in [2.75, 3.05) is 0 Å². The summed E-state index contributed by atoms with van der Waals surface area (Å²) < 4.78 is 12.0. The first kappa shape index (κ1) is 14.2. The number of carboxylic acids is 1. The highest BCUT2D eigenvalue weighted by Crippen LogP contribution is 2.52. The standard InChI is InChI=1S/C16H20O5/c1-8-10(15(18)19)7-12-14(20-8)11-6-9(17)4-5-13(11)21-16(12,2)3/h4-6,8,10,12,14,17H,7H2,1-3H3,(H,18,19)/t8-,10-,12-,14+/m1/s1. The largest absolute Gasteiger partial charge is 0.508 e. The summed E-state index contributed by atoms with van der Waals surface area (Å²) in [5, 5.41) is 19.1. The van der Waals surface area contributed by atoms with Gasteiger partial charge < -0.3 is 19.7 Å². The van der Waals surface area contributed by atoms with E-state index in [0.717, 1.165) is 5.56 Å². The highest BCUT2D eigenvalue weighted by Gasteiger charge is 2.51. The van der Waals surface area contributed by atoms with Gasteiger partial charge in [0.1, 0.15) is 17.1 Å². The molecule has 0 spiro atoms. The fraction of sp³-hybridized carbons (Fsp3) is 0.562. The molecule has 0 aliphatic carbocycles. The second kappa shape index (κ2) is 4.63. The van der Waals surface area contributed by atoms with E-state index in [1.165, 1.54) is 0 Å². The molecule has 1 saturated heterocycles. The molecule has 114 valence electrons. The van der Waals surface area contributed by atoms with Gasteiger partial charge in [0.2, 0.25) is 0 Å². The maximum atomic E-state index is 11.4. The third-order valence-electron chi connectivity index (χ3n) is 4.68. The number of ether oxygens (including phenoxy) is 2. The van der Waals surface area contributed by atoms with Crippen molar-refractivity contribution in [3.05, 3.63) is 23.8 Å². The Hall–Kier alpha value is -1.75. The lowest BCUT2D eigenvalue weighted by Crippen LogP contribution is -2.51. The molecule has 1 fully saturated rings. The molecule has 0 unspecified atom stereocenters. The smallest absolute Gasteiger partial charge is 0.309 e. The number of benzene rings is 1. The van der Waals surface area contributed by atoms with Crippen LogP contribution >= 0.6 is 0 Å². The van der Waals surface area contributed by atoms with Crippen LogP contribution in [-0.2, 0) is 9.53 Å². The molecule has 2 aliphatic rings. The van der Waals surface area contributed by atoms with Gasteiger partial charge in [-0.05, 0) is 45.4 Å². The molecule has 3 rings (SSSR count). The fourth-order valence-corrected chi connectivity index (χ4v) is 3.46. The summed E-state index contributed by atoms with van der Waals surface area (Å²) in [5.74, 6) is -0.581. The van der Waals surface area contributed by atoms with Gasteiger partial charge in [0.25, 0.3) is 0 Å². The van der Waals surface area contributed by atoms with Crippen LogP contribution in [0.1, 0.15) is 38.9 Å². The number of hydrogen-bond donors (Lipinski definition) is 2. The maximum Gasteiger partial charge on any atom is 0.309 e. The van der Waals surface area contributed by atoms with Crippen molar-refractivity contribution < 1.29 is 24.5 Å². The molecule has 1 aromatic carbocycles. The molecule has 2 N–H and O–H groups in total. The first-order chi connectivity index (χ1) is 9.79. The Labute approximate surface area is 123 Å². The van der Waals surface area contributed by atoms with Gasteiger partial charge in [0.15, 0.2) is 0 Å². The second-order valence-corrected chi connectivity index (χ2v) is 6.48. The molecule has 0 bridgehead atoms. The van der Waals surface area contributed by atoms with Gasteiger partial charge in [0, 0.05) is 11.5 Å². The monoisotopic (exact) mass is 292 g/mol. The Morgan fingerprint density at radius 3 is 2.76 bits per heavy atom. The lowest BCUT2D eigenvalue weighted by molar-refractivity contribution is -0.183. The van der Waals surface area contributed by atoms with Crippen LogP contribution in [0.15, 0.2) is 18.2 Å². The quantitative estimate of drug-likeness (QED) is 0.832. The summed E-state index contributed by atoms with van der Waals surface area (Å²) in [6.07, 6.45) is -0.113. The molecule has 21 heavy (non-hydrogen) atoms. The number of aliphatic carboxylic acids is 1. The van der Waals surface area contributed by atoms with Crippen molar-refractivity contribution in [1.29, 1.82) is 0 Å². The van der Waals surface area contributed by atoms with E-state index < -0.39 is 17.5 Å². The Balaban J connectivity index is 2.03. The van der Waals surface area contributed by atoms with Gasteiger partial charge in [-0.1, -0.05) is 0 Å². The van der Waals surface area contributed by atoms with Crippen molar-refractivity contribution in [3.63, 3.8) is 0 Å². The van der Waals surface area contributed by atoms with Crippen molar-refractivity contribution in [2.45, 2.75) is 45.0 Å². The molecular weight excluding hydrogens is 272 g/mol. The van der Waals surface area contributed by atoms with Crippen LogP contribution in [0.25, 0.3) is 0 Å². The number of fused-ring (bicyclic) bond motifs is 3. The third-order valence-corrected chi connectivity index (χ3v) is 4.68. The molecule has 5 nitrogen and oxygen atoms in total. The molecule has 4 atom stereocenters. The molecule has 2 heterocycles. The summed E-state index contributed by atoms with van der Waals surface area (Å²) in [6, 6.07) is 4.97. The van der Waals surface area contributed by atoms with Gasteiger partial charge in [-0.2, -0.15) is 0 Å². The zero-order valence-corrected chi connectivity index (χ0v) is 12.4. The number of rotatable bonds is 1. The van der Waals surface area contributed by atoms with Crippen molar-refractivity contribution in [2.24, 2.45) is 11.8 Å². The minimum atomic E-state index is -0.835. The number of phenolic OH excluding ortho intramolecular Hbond substituents is 1. The highest BCUT2D eigenvalue weighted by atomic mass is 16.5. The van der Waals surface area contributed by atoms with E-state index in [1.54, 1.807) is 25.1 Å². The first-order valence-electron chi connectivity index (χ1n) is 7.20. The molecule has 1 aromatic rings. The van der Waals surface area contributed by atoms with Crippen LogP contribution in [0, 0.1) is 11.8 Å². The van der Waals surface area contributed by atoms with Gasteiger partial charge in [-0.3, -0.25) is 4.79 Å². The normalized spacial score (nSPS) is 33.5. The van der Waals surface area contributed by atoms with Crippen LogP contribution in [0.4, 0.5) is 0 Å². The molecule has 0 aromatic heterocycles. The fourth-order valence-electron chi connectivity index (χ4n) is 3.46. The van der Waals surface area contributed by atoms with Crippen LogP contribution in [-0.4, -0.2) is 27.9 Å². The predicted molar refractivity (Wildman–Crippen MR) is 75.3 cm³/mol. The molecule has 0 amide bonds. The van der Waals surface area contributed by atoms with E-state index >= 15 is 0 Å². The van der Waals surface area contributed by atoms with Crippen LogP contribution < -0.4 is 4.74 Å². The summed E-state index contributed by atoms with van der Waals surface area (Å²) in [5.41, 5.74) is 0.290. The third kappa shape index (κ3) is 2.25. The summed E-state index contributed by atoms with van der Waals surface area (Å²) >= 11 is 0. The number of aromatic hydroxyl groups is 1. The molecule has 5 heteroatoms. The van der Waals surface area contributed by atoms with Crippen LogP contribution in [0.2, 0.25) is 0 Å². The minimum absolute atomic E-state index is 0.0656. The number of phenols is 1. The lowest BCUT2D eigenvalue weighted by Gasteiger charge is -2.49. The molecule has 2 aliphatic heterocycles. The summed E-state index contributed by atoms with van der Waals surface area (Å²) in [4.78, 5) is 11.4. The van der Waals surface area contributed by atoms with E-state index in [2.05, 4.69) is 0 Å². The summed E-state index contributed by atoms with van der Waals surface area (Å²) in [7, 11) is 0. The first-order valence-corrected chi connectivity index (χ1v) is 7.20. The van der Waals surface area contributed by atoms with E-state index in [-0.39, 0.29) is 23.9 Å². The minimum Gasteiger partial charge on any atom is -0.508 e. The summed E-state index contributed by atoms with van der Waals surface area (Å²) in [6.45, 7) is 5.71. The van der Waals surface area contributed by atoms with Crippen molar-refractivity contribution in [3.8, 4) is 11.5 Å². The number of carboxylic acid groups (broad SMARTS) is 1. The predicted octanol–water partition coefficient (Wildman–Crippen LogP) is 2.73. The van der Waals surface area contributed by atoms with Gasteiger partial charge >= 0.3 is 5.97 Å². The highest BCUT2D eigenvalue weighted by molar-refractivity contribution is 5.71. The van der Waals surface area contributed by atoms with Crippen LogP contribution in [0.5, 0.6) is 11.5 Å². The maximum absolute atomic E-state index is 11.4. The van der Waals surface area contributed by atoms with Gasteiger partial charge in [-0.15, -0.1) is 0 Å². The topological polar surface area (TPSA) is 76.0 Å². The van der Waals surface area contributed by atoms with E-state index in [4.69, 9.17) is 9.47 Å². The molecule has 0 radical (unpaired) electrons. The Bertz CT molecular complexity index is 580. The average Bonchev–Trinajstić information content (AvgIpc) is 2.38. The Kier molecular flexibility index (Phi) is 3.13. The number of hydrogen-bond acceptors (Lipinski definition) is 4. The molecule has 0 saturated carbocycles. The van der Waals surface area contributed by atoms with Gasteiger partial charge in [-0.25, -0.2) is 0 Å². The SMILES string of the molecule is C[C@H]1O[C@H]2c3cc(O)ccc3OC(C)(C)[C@@H]2C[C@H]1C(=O)O. The zero-order valence-electron chi connectivity index (χ0n) is 12.4. The lowest BCUT2D eigenvalue weighted by atomic mass is 9.72. The van der Waals surface area contributed by atoms with Crippen molar-refractivity contribution in [1.82, 2.24) is 0 Å². The van der Waals surface area contributed by atoms with Crippen LogP contribution in [0.3, 0.4) is 0 Å². The number of carbonyl (C=O) groups is 1. The van der Waals surface area contributed by atoms with E-state index in [0.29, 0.717) is 12.2 Å². The Morgan fingerprint density at radius 2 is 2.10 bits per heavy atom. The average molecular weight is 292 g/mol. The molecular formula is C16H20O5. The van der Waals surface area contributed by atoms with E-state index in [9.17, 15) is 15.0 Å². The Morgan fingerprint density at radius 1 is 1.38 bits per heavy atom.